The summed E-state index contributed by atoms with van der Waals surface area (Å²) in [6.45, 7) is 2.17. The van der Waals surface area contributed by atoms with Crippen LogP contribution in [-0.4, -0.2) is 5.88 Å². The van der Waals surface area contributed by atoms with Crippen LogP contribution in [0.3, 0.4) is 0 Å². The van der Waals surface area contributed by atoms with Crippen LogP contribution in [-0.2, 0) is 0 Å². The van der Waals surface area contributed by atoms with Gasteiger partial charge in [0.15, 0.2) is 0 Å². The molecule has 0 saturated heterocycles. The fraction of sp³-hybridized carbons (Fsp3) is 1.00. The van der Waals surface area contributed by atoms with Gasteiger partial charge < -0.3 is 0 Å². The van der Waals surface area contributed by atoms with E-state index in [2.05, 4.69) is 6.92 Å². The van der Waals surface area contributed by atoms with Crippen molar-refractivity contribution in [1.82, 2.24) is 0 Å². The maximum atomic E-state index is 5.38. The van der Waals surface area contributed by atoms with E-state index < -0.39 is 0 Å². The summed E-state index contributed by atoms with van der Waals surface area (Å²) in [6.07, 6.45) is 3.73. The number of hydrogen-bond donors (Lipinski definition) is 0. The van der Waals surface area contributed by atoms with Crippen LogP contribution in [0, 0.1) is 0 Å². The number of halogens is 1. The summed E-state index contributed by atoms with van der Waals surface area (Å²) in [5, 5.41) is 0. The van der Waals surface area contributed by atoms with Crippen molar-refractivity contribution in [2.45, 2.75) is 26.2 Å². The molecule has 0 nitrogen and oxygen atoms in total. The average molecular weight is 141 g/mol. The van der Waals surface area contributed by atoms with E-state index in [-0.39, 0.29) is 9.90 Å². The predicted octanol–water partition coefficient (Wildman–Crippen LogP) is 2.47. The predicted molar refractivity (Wildman–Crippen MR) is 41.4 cm³/mol. The Labute approximate surface area is 54.3 Å². The van der Waals surface area contributed by atoms with Crippen LogP contribution in [0.5, 0.6) is 0 Å². The SMILES string of the molecule is CCCCCCl.P. The Morgan fingerprint density at radius 3 is 2.00 bits per heavy atom. The molecule has 0 aromatic carbocycles. The first-order chi connectivity index (χ1) is 2.91. The van der Waals surface area contributed by atoms with Crippen molar-refractivity contribution in [2.24, 2.45) is 0 Å². The second kappa shape index (κ2) is 9.87. The average Bonchev–Trinajstić information content (AvgIpc) is 1.61. The second-order valence-electron chi connectivity index (χ2n) is 1.40. The van der Waals surface area contributed by atoms with Gasteiger partial charge in [0.1, 0.15) is 0 Å². The van der Waals surface area contributed by atoms with Gasteiger partial charge in [-0.3, -0.25) is 0 Å². The van der Waals surface area contributed by atoms with E-state index in [9.17, 15) is 0 Å². The summed E-state index contributed by atoms with van der Waals surface area (Å²) < 4.78 is 0. The molecule has 0 amide bonds. The van der Waals surface area contributed by atoms with Crippen molar-refractivity contribution in [2.75, 3.05) is 5.88 Å². The molecule has 0 aromatic heterocycles. The first kappa shape index (κ1) is 10.7. The summed E-state index contributed by atoms with van der Waals surface area (Å²) in [5.41, 5.74) is 0. The Morgan fingerprint density at radius 1 is 1.29 bits per heavy atom. The second-order valence-corrected chi connectivity index (χ2v) is 1.77. The number of rotatable bonds is 3. The molecule has 2 heteroatoms. The van der Waals surface area contributed by atoms with Crippen LogP contribution >= 0.6 is 21.5 Å². The Morgan fingerprint density at radius 2 is 1.86 bits per heavy atom. The number of unbranched alkanes of at least 4 members (excludes halogenated alkanes) is 2. The summed E-state index contributed by atoms with van der Waals surface area (Å²) in [5.74, 6) is 0.827. The summed E-state index contributed by atoms with van der Waals surface area (Å²) >= 11 is 5.38. The lowest BCUT2D eigenvalue weighted by Crippen LogP contribution is -1.70. The molecule has 0 N–H and O–H groups in total. The molecule has 46 valence electrons. The van der Waals surface area contributed by atoms with Crippen molar-refractivity contribution >= 4 is 21.5 Å². The van der Waals surface area contributed by atoms with Crippen LogP contribution < -0.4 is 0 Å². The maximum absolute atomic E-state index is 5.38. The van der Waals surface area contributed by atoms with Crippen LogP contribution in [0.2, 0.25) is 0 Å². The zero-order valence-electron chi connectivity index (χ0n) is 4.91. The lowest BCUT2D eigenvalue weighted by atomic mass is 10.3. The molecule has 1 atom stereocenters. The molecule has 1 unspecified atom stereocenters. The number of alkyl halides is 1. The highest BCUT2D eigenvalue weighted by Gasteiger charge is 1.76. The molecule has 0 radical (unpaired) electrons. The molecule has 7 heavy (non-hydrogen) atoms. The quantitative estimate of drug-likeness (QED) is 0.321. The van der Waals surface area contributed by atoms with Crippen LogP contribution in [0.1, 0.15) is 26.2 Å². The summed E-state index contributed by atoms with van der Waals surface area (Å²) in [6, 6.07) is 0. The maximum Gasteiger partial charge on any atom is 0.0223 e. The van der Waals surface area contributed by atoms with Gasteiger partial charge >= 0.3 is 0 Å². The van der Waals surface area contributed by atoms with Gasteiger partial charge in [0.25, 0.3) is 0 Å². The lowest BCUT2D eigenvalue weighted by molar-refractivity contribution is 0.776. The lowest BCUT2D eigenvalue weighted by Gasteiger charge is -1.84. The third-order valence-electron chi connectivity index (χ3n) is 0.737. The Balaban J connectivity index is 0. The molecule has 0 bridgehead atoms. The van der Waals surface area contributed by atoms with E-state index in [0.717, 1.165) is 5.88 Å². The topological polar surface area (TPSA) is 0 Å². The molecule has 0 aliphatic heterocycles. The molecule has 0 spiro atoms. The van der Waals surface area contributed by atoms with E-state index in [0.29, 0.717) is 0 Å². The third-order valence-corrected chi connectivity index (χ3v) is 1.00. The third kappa shape index (κ3) is 10.8. The van der Waals surface area contributed by atoms with E-state index in [4.69, 9.17) is 11.6 Å². The van der Waals surface area contributed by atoms with Gasteiger partial charge in [-0.05, 0) is 6.42 Å². The standard InChI is InChI=1S/C5H11Cl.H3P/c1-2-3-4-5-6;/h2-5H2,1H3;1H3. The van der Waals surface area contributed by atoms with Gasteiger partial charge in [0.2, 0.25) is 0 Å². The van der Waals surface area contributed by atoms with Gasteiger partial charge in [-0.15, -0.1) is 11.6 Å². The largest absolute Gasteiger partial charge is 0.153 e. The van der Waals surface area contributed by atoms with Crippen LogP contribution in [0.4, 0.5) is 0 Å². The molecule has 0 heterocycles. The minimum Gasteiger partial charge on any atom is -0.153 e. The molecule has 0 aromatic rings. The van der Waals surface area contributed by atoms with Crippen molar-refractivity contribution in [1.29, 1.82) is 0 Å². The normalized spacial score (nSPS) is 7.71. The molecule has 0 saturated carbocycles. The van der Waals surface area contributed by atoms with E-state index >= 15 is 0 Å². The van der Waals surface area contributed by atoms with Crippen LogP contribution in [0.25, 0.3) is 0 Å². The van der Waals surface area contributed by atoms with E-state index in [1.807, 2.05) is 0 Å². The first-order valence-electron chi connectivity index (χ1n) is 2.47. The molecule has 0 aliphatic carbocycles. The highest BCUT2D eigenvalue weighted by molar-refractivity contribution is 6.92. The smallest absolute Gasteiger partial charge is 0.0223 e. The van der Waals surface area contributed by atoms with Gasteiger partial charge in [-0.1, -0.05) is 19.8 Å². The van der Waals surface area contributed by atoms with Crippen molar-refractivity contribution in [3.63, 3.8) is 0 Å². The number of hydrogen-bond acceptors (Lipinski definition) is 0. The zero-order valence-corrected chi connectivity index (χ0v) is 7.08. The summed E-state index contributed by atoms with van der Waals surface area (Å²) in [4.78, 5) is 0. The fourth-order valence-corrected chi connectivity index (χ4v) is 0.533. The van der Waals surface area contributed by atoms with Gasteiger partial charge in [-0.2, -0.15) is 9.90 Å². The summed E-state index contributed by atoms with van der Waals surface area (Å²) in [7, 11) is 0. The van der Waals surface area contributed by atoms with Crippen molar-refractivity contribution in [3.8, 4) is 0 Å². The highest BCUT2D eigenvalue weighted by atomic mass is 35.5. The Kier molecular flexibility index (Phi) is 15.0. The molecule has 0 rings (SSSR count). The van der Waals surface area contributed by atoms with Crippen molar-refractivity contribution < 1.29 is 0 Å². The minimum absolute atomic E-state index is 0. The van der Waals surface area contributed by atoms with Crippen molar-refractivity contribution in [3.05, 3.63) is 0 Å². The monoisotopic (exact) mass is 140 g/mol. The molecule has 0 fully saturated rings. The van der Waals surface area contributed by atoms with Gasteiger partial charge in [0, 0.05) is 5.88 Å². The molecule has 0 aliphatic rings. The van der Waals surface area contributed by atoms with E-state index in [1.165, 1.54) is 19.3 Å². The fourth-order valence-electron chi connectivity index (χ4n) is 0.344. The van der Waals surface area contributed by atoms with Gasteiger partial charge in [-0.25, -0.2) is 0 Å². The molecular weight excluding hydrogens is 126 g/mol. The zero-order chi connectivity index (χ0) is 4.83. The Hall–Kier alpha value is 0.720. The molecular formula is C5H14ClP. The minimum atomic E-state index is 0. The van der Waals surface area contributed by atoms with E-state index in [1.54, 1.807) is 0 Å². The van der Waals surface area contributed by atoms with Crippen LogP contribution in [0.15, 0.2) is 0 Å². The first-order valence-corrected chi connectivity index (χ1v) is 3.01. The highest BCUT2D eigenvalue weighted by Crippen LogP contribution is 1.93. The van der Waals surface area contributed by atoms with Gasteiger partial charge in [0.05, 0.1) is 0 Å². The Bertz CT molecular complexity index is 20.0.